The van der Waals surface area contributed by atoms with E-state index in [2.05, 4.69) is 6.07 Å². The van der Waals surface area contributed by atoms with Crippen LogP contribution in [0.2, 0.25) is 5.02 Å². The summed E-state index contributed by atoms with van der Waals surface area (Å²) in [5.41, 5.74) is -0.888. The quantitative estimate of drug-likeness (QED) is 0.815. The molecule has 20 heavy (non-hydrogen) atoms. The summed E-state index contributed by atoms with van der Waals surface area (Å²) in [7, 11) is 0. The van der Waals surface area contributed by atoms with E-state index in [1.54, 1.807) is 6.07 Å². The molecule has 1 aromatic carbocycles. The van der Waals surface area contributed by atoms with E-state index >= 15 is 0 Å². The van der Waals surface area contributed by atoms with Gasteiger partial charge in [-0.1, -0.05) is 37.9 Å². The predicted octanol–water partition coefficient (Wildman–Crippen LogP) is 4.31. The first-order valence-corrected chi connectivity index (χ1v) is 7.09. The fourth-order valence-electron chi connectivity index (χ4n) is 3.02. The molecule has 4 heteroatoms. The molecule has 2 rings (SSSR count). The van der Waals surface area contributed by atoms with Crippen molar-refractivity contribution in [3.63, 3.8) is 0 Å². The molecule has 1 saturated carbocycles. The maximum atomic E-state index is 13.5. The smallest absolute Gasteiger partial charge is 0.158 e. The average Bonchev–Trinajstić information content (AvgIpc) is 2.39. The second-order valence-corrected chi connectivity index (χ2v) is 6.59. The van der Waals surface area contributed by atoms with Crippen LogP contribution in [0.1, 0.15) is 38.7 Å². The van der Waals surface area contributed by atoms with Crippen LogP contribution in [0.25, 0.3) is 0 Å². The zero-order valence-corrected chi connectivity index (χ0v) is 12.4. The molecular weight excluding hydrogens is 277 g/mol. The zero-order valence-electron chi connectivity index (χ0n) is 11.7. The van der Waals surface area contributed by atoms with Gasteiger partial charge in [0.1, 0.15) is 11.2 Å². The maximum absolute atomic E-state index is 13.5. The van der Waals surface area contributed by atoms with Crippen LogP contribution in [0, 0.1) is 28.0 Å². The molecule has 0 spiro atoms. The van der Waals surface area contributed by atoms with Crippen molar-refractivity contribution in [3.05, 3.63) is 34.6 Å². The number of carbonyl (C=O) groups is 1. The van der Waals surface area contributed by atoms with Crippen molar-refractivity contribution >= 4 is 17.4 Å². The van der Waals surface area contributed by atoms with Crippen LogP contribution in [-0.2, 0) is 11.2 Å². The first kappa shape index (κ1) is 15.0. The van der Waals surface area contributed by atoms with Gasteiger partial charge in [-0.3, -0.25) is 4.79 Å². The third-order valence-electron chi connectivity index (χ3n) is 4.16. The number of Topliss-reactive ketones (excluding diaryl/α,β-unsaturated/α-hetero) is 1. The van der Waals surface area contributed by atoms with Crippen LogP contribution in [-0.4, -0.2) is 5.78 Å². The van der Waals surface area contributed by atoms with Crippen LogP contribution < -0.4 is 0 Å². The number of hydrogen-bond donors (Lipinski definition) is 0. The van der Waals surface area contributed by atoms with Gasteiger partial charge >= 0.3 is 0 Å². The van der Waals surface area contributed by atoms with Crippen LogP contribution in [0.5, 0.6) is 0 Å². The number of halogens is 2. The molecule has 0 N–H and O–H groups in total. The minimum atomic E-state index is -1.04. The van der Waals surface area contributed by atoms with Crippen molar-refractivity contribution in [2.24, 2.45) is 10.8 Å². The maximum Gasteiger partial charge on any atom is 0.158 e. The van der Waals surface area contributed by atoms with Crippen LogP contribution in [0.3, 0.4) is 0 Å². The molecule has 1 aliphatic rings. The van der Waals surface area contributed by atoms with Crippen molar-refractivity contribution in [2.45, 2.75) is 39.5 Å². The molecule has 0 amide bonds. The first-order chi connectivity index (χ1) is 9.31. The molecule has 1 aliphatic carbocycles. The van der Waals surface area contributed by atoms with E-state index in [0.29, 0.717) is 12.0 Å². The van der Waals surface area contributed by atoms with Gasteiger partial charge in [-0.05, 0) is 37.0 Å². The summed E-state index contributed by atoms with van der Waals surface area (Å²) >= 11 is 5.66. The van der Waals surface area contributed by atoms with Gasteiger partial charge in [0.15, 0.2) is 5.78 Å². The van der Waals surface area contributed by atoms with E-state index in [0.717, 1.165) is 12.8 Å². The highest BCUT2D eigenvalue weighted by molar-refractivity contribution is 6.30. The van der Waals surface area contributed by atoms with Crippen LogP contribution >= 0.6 is 11.6 Å². The number of benzene rings is 1. The molecule has 1 fully saturated rings. The Balaban J connectivity index is 2.35. The standard InChI is InChI=1S/C16H17ClFNO/c1-15(2)6-3-7-16(10-19,14(15)20)9-11-4-5-12(17)13(18)8-11/h4-5,8H,3,6-7,9H2,1-2H3. The highest BCUT2D eigenvalue weighted by Crippen LogP contribution is 2.44. The van der Waals surface area contributed by atoms with Crippen molar-refractivity contribution in [3.8, 4) is 6.07 Å². The number of nitrogens with zero attached hydrogens (tertiary/aromatic N) is 1. The molecule has 0 bridgehead atoms. The zero-order chi connectivity index (χ0) is 15.0. The predicted molar refractivity (Wildman–Crippen MR) is 75.8 cm³/mol. The Morgan fingerprint density at radius 2 is 2.10 bits per heavy atom. The van der Waals surface area contributed by atoms with Gasteiger partial charge in [0, 0.05) is 5.41 Å². The fourth-order valence-corrected chi connectivity index (χ4v) is 3.14. The molecule has 0 saturated heterocycles. The Labute approximate surface area is 123 Å². The van der Waals surface area contributed by atoms with Gasteiger partial charge < -0.3 is 0 Å². The Hall–Kier alpha value is -1.40. The minimum Gasteiger partial charge on any atom is -0.297 e. The number of hydrogen-bond acceptors (Lipinski definition) is 2. The van der Waals surface area contributed by atoms with Gasteiger partial charge in [0.25, 0.3) is 0 Å². The Morgan fingerprint density at radius 3 is 2.70 bits per heavy atom. The minimum absolute atomic E-state index is 0.0332. The van der Waals surface area contributed by atoms with E-state index < -0.39 is 16.6 Å². The molecule has 0 aliphatic heterocycles. The molecule has 0 heterocycles. The first-order valence-electron chi connectivity index (χ1n) is 6.71. The molecular formula is C16H17ClFNO. The molecule has 0 aromatic heterocycles. The lowest BCUT2D eigenvalue weighted by atomic mass is 9.61. The molecule has 1 unspecified atom stereocenters. The second kappa shape index (κ2) is 5.18. The van der Waals surface area contributed by atoms with Crippen molar-refractivity contribution in [1.82, 2.24) is 0 Å². The van der Waals surface area contributed by atoms with E-state index in [9.17, 15) is 14.4 Å². The lowest BCUT2D eigenvalue weighted by molar-refractivity contribution is -0.138. The van der Waals surface area contributed by atoms with Crippen molar-refractivity contribution < 1.29 is 9.18 Å². The average molecular weight is 294 g/mol. The number of carbonyl (C=O) groups excluding carboxylic acids is 1. The summed E-state index contributed by atoms with van der Waals surface area (Å²) in [6, 6.07) is 6.66. The molecule has 1 atom stereocenters. The SMILES string of the molecule is CC1(C)CCCC(C#N)(Cc2ccc(Cl)c(F)c2)C1=O. The third-order valence-corrected chi connectivity index (χ3v) is 4.47. The Morgan fingerprint density at radius 1 is 1.40 bits per heavy atom. The molecule has 1 aromatic rings. The molecule has 2 nitrogen and oxygen atoms in total. The second-order valence-electron chi connectivity index (χ2n) is 6.19. The van der Waals surface area contributed by atoms with E-state index in [-0.39, 0.29) is 17.2 Å². The lowest BCUT2D eigenvalue weighted by Gasteiger charge is -2.39. The lowest BCUT2D eigenvalue weighted by Crippen LogP contribution is -2.45. The van der Waals surface area contributed by atoms with Crippen LogP contribution in [0.4, 0.5) is 4.39 Å². The summed E-state index contributed by atoms with van der Waals surface area (Å²) in [4.78, 5) is 12.6. The summed E-state index contributed by atoms with van der Waals surface area (Å²) in [5.74, 6) is -0.547. The van der Waals surface area contributed by atoms with E-state index in [1.165, 1.54) is 12.1 Å². The van der Waals surface area contributed by atoms with Gasteiger partial charge in [0.2, 0.25) is 0 Å². The third kappa shape index (κ3) is 2.58. The highest BCUT2D eigenvalue weighted by atomic mass is 35.5. The number of nitriles is 1. The summed E-state index contributed by atoms with van der Waals surface area (Å²) < 4.78 is 13.5. The largest absolute Gasteiger partial charge is 0.297 e. The fraction of sp³-hybridized carbons (Fsp3) is 0.500. The van der Waals surface area contributed by atoms with Crippen molar-refractivity contribution in [2.75, 3.05) is 0 Å². The van der Waals surface area contributed by atoms with Gasteiger partial charge in [0.05, 0.1) is 11.1 Å². The Kier molecular flexibility index (Phi) is 3.88. The van der Waals surface area contributed by atoms with Gasteiger partial charge in [-0.25, -0.2) is 4.39 Å². The Bertz CT molecular complexity index is 591. The van der Waals surface area contributed by atoms with Gasteiger partial charge in [-0.15, -0.1) is 0 Å². The number of ketones is 1. The number of rotatable bonds is 2. The summed E-state index contributed by atoms with van der Waals surface area (Å²) in [6.07, 6.45) is 2.42. The topological polar surface area (TPSA) is 40.9 Å². The normalized spacial score (nSPS) is 25.2. The van der Waals surface area contributed by atoms with Crippen LogP contribution in [0.15, 0.2) is 18.2 Å². The monoisotopic (exact) mass is 293 g/mol. The molecule has 0 radical (unpaired) electrons. The van der Waals surface area contributed by atoms with E-state index in [1.807, 2.05) is 13.8 Å². The highest BCUT2D eigenvalue weighted by Gasteiger charge is 2.48. The summed E-state index contributed by atoms with van der Waals surface area (Å²) in [6.45, 7) is 3.76. The van der Waals surface area contributed by atoms with Gasteiger partial charge in [-0.2, -0.15) is 5.26 Å². The molecule has 106 valence electrons. The van der Waals surface area contributed by atoms with Crippen molar-refractivity contribution in [1.29, 1.82) is 5.26 Å². The van der Waals surface area contributed by atoms with E-state index in [4.69, 9.17) is 11.6 Å². The summed E-state index contributed by atoms with van der Waals surface area (Å²) in [5, 5.41) is 9.59.